The summed E-state index contributed by atoms with van der Waals surface area (Å²) in [6.07, 6.45) is 1.46. The molecule has 0 bridgehead atoms. The van der Waals surface area contributed by atoms with Crippen LogP contribution in [0.3, 0.4) is 0 Å². The third kappa shape index (κ3) is 2.77. The average molecular weight is 331 g/mol. The molecule has 1 aliphatic rings. The van der Waals surface area contributed by atoms with Crippen molar-refractivity contribution in [2.45, 2.75) is 40.2 Å². The Hall–Kier alpha value is -2.37. The van der Waals surface area contributed by atoms with Gasteiger partial charge in [0, 0.05) is 19.5 Å². The molecule has 0 spiro atoms. The third-order valence-corrected chi connectivity index (χ3v) is 4.25. The van der Waals surface area contributed by atoms with Crippen LogP contribution in [0.5, 0.6) is 5.88 Å². The van der Waals surface area contributed by atoms with Gasteiger partial charge in [0.05, 0.1) is 12.2 Å². The molecule has 2 aromatic rings. The van der Waals surface area contributed by atoms with Crippen LogP contribution >= 0.6 is 0 Å². The molecule has 0 unspecified atom stereocenters. The van der Waals surface area contributed by atoms with Gasteiger partial charge in [0.25, 0.3) is 5.91 Å². The molecular formula is C18H22FN3O2. The van der Waals surface area contributed by atoms with E-state index in [1.165, 1.54) is 6.07 Å². The van der Waals surface area contributed by atoms with Crippen molar-refractivity contribution in [1.29, 1.82) is 0 Å². The first-order valence-electron chi connectivity index (χ1n) is 8.38. The Labute approximate surface area is 140 Å². The highest BCUT2D eigenvalue weighted by molar-refractivity contribution is 6.00. The fraction of sp³-hybridized carbons (Fsp3) is 0.444. The highest BCUT2D eigenvalue weighted by atomic mass is 19.1. The number of benzene rings is 1. The number of nitrogens with one attached hydrogen (secondary N) is 1. The Kier molecular flexibility index (Phi) is 4.55. The van der Waals surface area contributed by atoms with Crippen molar-refractivity contribution in [3.8, 4) is 17.0 Å². The Bertz CT molecular complexity index is 783. The SMILES string of the molecule is CCNC(=O)c1nn2c(c1-c1cc(F)c(CC)cc1C)OCCC2. The van der Waals surface area contributed by atoms with Crippen LogP contribution in [0.25, 0.3) is 11.1 Å². The predicted molar refractivity (Wildman–Crippen MR) is 89.9 cm³/mol. The smallest absolute Gasteiger partial charge is 0.272 e. The third-order valence-electron chi connectivity index (χ3n) is 4.25. The summed E-state index contributed by atoms with van der Waals surface area (Å²) < 4.78 is 21.8. The number of aromatic nitrogens is 2. The minimum Gasteiger partial charge on any atom is -0.477 e. The van der Waals surface area contributed by atoms with Crippen LogP contribution < -0.4 is 10.1 Å². The topological polar surface area (TPSA) is 56.2 Å². The number of hydrogen-bond acceptors (Lipinski definition) is 3. The van der Waals surface area contributed by atoms with Crippen LogP contribution in [0.2, 0.25) is 0 Å². The van der Waals surface area contributed by atoms with Gasteiger partial charge < -0.3 is 10.1 Å². The zero-order valence-corrected chi connectivity index (χ0v) is 14.3. The van der Waals surface area contributed by atoms with Crippen molar-refractivity contribution in [2.75, 3.05) is 13.2 Å². The standard InChI is InChI=1S/C18H22FN3O2/c1-4-12-9-11(3)13(10-14(12)19)15-16(17(23)20-5-2)21-22-7-6-8-24-18(15)22/h9-10H,4-8H2,1-3H3,(H,20,23). The van der Waals surface area contributed by atoms with Gasteiger partial charge in [0.15, 0.2) is 5.69 Å². The van der Waals surface area contributed by atoms with Gasteiger partial charge in [0.2, 0.25) is 5.88 Å². The molecule has 0 saturated heterocycles. The van der Waals surface area contributed by atoms with Gasteiger partial charge in [0.1, 0.15) is 5.82 Å². The number of aryl methyl sites for hydroxylation is 3. The molecule has 0 atom stereocenters. The lowest BCUT2D eigenvalue weighted by Crippen LogP contribution is -2.24. The van der Waals surface area contributed by atoms with Crippen molar-refractivity contribution < 1.29 is 13.9 Å². The number of carbonyl (C=O) groups excluding carboxylic acids is 1. The number of nitrogens with zero attached hydrogens (tertiary/aromatic N) is 2. The van der Waals surface area contributed by atoms with Crippen LogP contribution in [0.15, 0.2) is 12.1 Å². The molecule has 1 aliphatic heterocycles. The molecule has 1 aromatic carbocycles. The first kappa shape index (κ1) is 16.5. The number of carbonyl (C=O) groups is 1. The summed E-state index contributed by atoms with van der Waals surface area (Å²) in [5, 5.41) is 7.19. The van der Waals surface area contributed by atoms with E-state index in [-0.39, 0.29) is 11.7 Å². The number of ether oxygens (including phenoxy) is 1. The van der Waals surface area contributed by atoms with Crippen LogP contribution in [0.4, 0.5) is 4.39 Å². The van der Waals surface area contributed by atoms with Gasteiger partial charge in [-0.2, -0.15) is 5.10 Å². The largest absolute Gasteiger partial charge is 0.477 e. The first-order valence-corrected chi connectivity index (χ1v) is 8.38. The first-order chi connectivity index (χ1) is 11.6. The van der Waals surface area contributed by atoms with E-state index in [1.807, 2.05) is 26.8 Å². The lowest BCUT2D eigenvalue weighted by molar-refractivity contribution is 0.0950. The number of halogens is 1. The molecule has 1 aromatic heterocycles. The van der Waals surface area contributed by atoms with Gasteiger partial charge in [-0.15, -0.1) is 0 Å². The molecule has 0 fully saturated rings. The lowest BCUT2D eigenvalue weighted by atomic mass is 9.96. The molecule has 0 aliphatic carbocycles. The summed E-state index contributed by atoms with van der Waals surface area (Å²) in [5.74, 6) is 0.0161. The molecule has 24 heavy (non-hydrogen) atoms. The predicted octanol–water partition coefficient (Wildman–Crippen LogP) is 3.09. The average Bonchev–Trinajstić information content (AvgIpc) is 2.96. The Morgan fingerprint density at radius 1 is 1.42 bits per heavy atom. The molecule has 2 heterocycles. The maximum Gasteiger partial charge on any atom is 0.272 e. The van der Waals surface area contributed by atoms with Gasteiger partial charge in [-0.25, -0.2) is 9.07 Å². The van der Waals surface area contributed by atoms with Gasteiger partial charge in [-0.3, -0.25) is 4.79 Å². The monoisotopic (exact) mass is 331 g/mol. The molecular weight excluding hydrogens is 309 g/mol. The fourth-order valence-electron chi connectivity index (χ4n) is 3.06. The van der Waals surface area contributed by atoms with Gasteiger partial charge in [-0.05, 0) is 43.0 Å². The Balaban J connectivity index is 2.21. The van der Waals surface area contributed by atoms with Crippen LogP contribution in [-0.2, 0) is 13.0 Å². The summed E-state index contributed by atoms with van der Waals surface area (Å²) in [6, 6.07) is 3.33. The van der Waals surface area contributed by atoms with Crippen LogP contribution in [-0.4, -0.2) is 28.8 Å². The van der Waals surface area contributed by atoms with Gasteiger partial charge >= 0.3 is 0 Å². The van der Waals surface area contributed by atoms with E-state index < -0.39 is 0 Å². The Morgan fingerprint density at radius 2 is 2.21 bits per heavy atom. The molecule has 0 radical (unpaired) electrons. The van der Waals surface area contributed by atoms with Crippen molar-refractivity contribution in [3.63, 3.8) is 0 Å². The number of hydrogen-bond donors (Lipinski definition) is 1. The molecule has 128 valence electrons. The quantitative estimate of drug-likeness (QED) is 0.937. The molecule has 1 N–H and O–H groups in total. The molecule has 1 amide bonds. The number of rotatable bonds is 4. The Morgan fingerprint density at radius 3 is 2.92 bits per heavy atom. The van der Waals surface area contributed by atoms with Crippen molar-refractivity contribution in [2.24, 2.45) is 0 Å². The molecule has 5 nitrogen and oxygen atoms in total. The maximum absolute atomic E-state index is 14.4. The lowest BCUT2D eigenvalue weighted by Gasteiger charge is -2.17. The van der Waals surface area contributed by atoms with E-state index in [0.717, 1.165) is 12.0 Å². The van der Waals surface area contributed by atoms with Crippen LogP contribution in [0, 0.1) is 12.7 Å². The minimum atomic E-state index is -0.268. The highest BCUT2D eigenvalue weighted by Crippen LogP contribution is 2.38. The molecule has 0 saturated carbocycles. The number of amides is 1. The van der Waals surface area contributed by atoms with Crippen molar-refractivity contribution in [1.82, 2.24) is 15.1 Å². The van der Waals surface area contributed by atoms with Crippen molar-refractivity contribution >= 4 is 5.91 Å². The van der Waals surface area contributed by atoms with E-state index in [1.54, 1.807) is 4.68 Å². The minimum absolute atomic E-state index is 0.266. The second-order valence-corrected chi connectivity index (χ2v) is 5.93. The summed E-state index contributed by atoms with van der Waals surface area (Å²) in [5.41, 5.74) is 3.11. The number of fused-ring (bicyclic) bond motifs is 1. The van der Waals surface area contributed by atoms with E-state index in [4.69, 9.17) is 4.74 Å². The normalized spacial score (nSPS) is 13.3. The van der Waals surface area contributed by atoms with E-state index >= 15 is 0 Å². The van der Waals surface area contributed by atoms with E-state index in [0.29, 0.717) is 54.4 Å². The second-order valence-electron chi connectivity index (χ2n) is 5.93. The van der Waals surface area contributed by atoms with E-state index in [2.05, 4.69) is 10.4 Å². The highest BCUT2D eigenvalue weighted by Gasteiger charge is 2.28. The molecule has 6 heteroatoms. The zero-order chi connectivity index (χ0) is 17.3. The second kappa shape index (κ2) is 6.63. The van der Waals surface area contributed by atoms with E-state index in [9.17, 15) is 9.18 Å². The maximum atomic E-state index is 14.4. The fourth-order valence-corrected chi connectivity index (χ4v) is 3.06. The zero-order valence-electron chi connectivity index (χ0n) is 14.3. The summed E-state index contributed by atoms with van der Waals surface area (Å²) in [7, 11) is 0. The summed E-state index contributed by atoms with van der Waals surface area (Å²) in [6.45, 7) is 7.46. The van der Waals surface area contributed by atoms with Gasteiger partial charge in [-0.1, -0.05) is 13.0 Å². The summed E-state index contributed by atoms with van der Waals surface area (Å²) >= 11 is 0. The van der Waals surface area contributed by atoms with Crippen molar-refractivity contribution in [3.05, 3.63) is 34.8 Å². The summed E-state index contributed by atoms with van der Waals surface area (Å²) in [4.78, 5) is 12.4. The molecule has 3 rings (SSSR count). The van der Waals surface area contributed by atoms with Crippen LogP contribution in [0.1, 0.15) is 41.9 Å².